The Hall–Kier alpha value is -0.830. The molecule has 0 radical (unpaired) electrons. The second-order valence-electron chi connectivity index (χ2n) is 4.90. The van der Waals surface area contributed by atoms with Gasteiger partial charge in [-0.15, -0.1) is 0 Å². The molecule has 0 N–H and O–H groups in total. The van der Waals surface area contributed by atoms with Crippen LogP contribution in [0.1, 0.15) is 50.1 Å². The van der Waals surface area contributed by atoms with E-state index >= 15 is 0 Å². The highest BCUT2D eigenvalue weighted by Crippen LogP contribution is 2.35. The van der Waals surface area contributed by atoms with Gasteiger partial charge in [-0.05, 0) is 31.0 Å². The number of hydrogen-bond donors (Lipinski definition) is 0. The van der Waals surface area contributed by atoms with Crippen LogP contribution in [0, 0.1) is 0 Å². The quantitative estimate of drug-likeness (QED) is 0.689. The van der Waals surface area contributed by atoms with E-state index in [1.165, 1.54) is 49.6 Å². The number of nitrogens with zero attached hydrogens (tertiary/aromatic N) is 1. The summed E-state index contributed by atoms with van der Waals surface area (Å²) in [6, 6.07) is 6.13. The first-order valence-electron chi connectivity index (χ1n) is 6.39. The van der Waals surface area contributed by atoms with Crippen LogP contribution in [0.25, 0.3) is 11.0 Å². The Labute approximate surface area is 109 Å². The normalized spacial score (nSPS) is 18.4. The lowest BCUT2D eigenvalue weighted by Gasteiger charge is -2.10. The minimum Gasteiger partial charge on any atom is -0.356 e. The molecule has 0 bridgehead atoms. The Balaban J connectivity index is 2.00. The van der Waals surface area contributed by atoms with Gasteiger partial charge in [-0.1, -0.05) is 46.8 Å². The van der Waals surface area contributed by atoms with Crippen LogP contribution in [0.4, 0.5) is 0 Å². The highest BCUT2D eigenvalue weighted by Gasteiger charge is 2.20. The van der Waals surface area contributed by atoms with Crippen molar-refractivity contribution in [1.29, 1.82) is 0 Å². The molecular formula is C14H16BrNO. The zero-order valence-electron chi connectivity index (χ0n) is 9.79. The molecule has 1 aliphatic rings. The predicted octanol–water partition coefficient (Wildman–Crippen LogP) is 5.03. The van der Waals surface area contributed by atoms with Gasteiger partial charge in [-0.2, -0.15) is 0 Å². The highest BCUT2D eigenvalue weighted by atomic mass is 79.9. The van der Waals surface area contributed by atoms with Crippen LogP contribution in [-0.2, 0) is 0 Å². The first-order valence-corrected chi connectivity index (χ1v) is 7.19. The fourth-order valence-corrected chi connectivity index (χ4v) is 3.14. The maximum atomic E-state index is 5.43. The van der Waals surface area contributed by atoms with E-state index in [-0.39, 0.29) is 0 Å². The largest absolute Gasteiger partial charge is 0.356 e. The summed E-state index contributed by atoms with van der Waals surface area (Å²) in [6.45, 7) is 0. The van der Waals surface area contributed by atoms with Crippen LogP contribution in [0.15, 0.2) is 27.2 Å². The number of aromatic nitrogens is 1. The predicted molar refractivity (Wildman–Crippen MR) is 72.2 cm³/mol. The van der Waals surface area contributed by atoms with Gasteiger partial charge in [0.15, 0.2) is 5.58 Å². The molecule has 1 heterocycles. The van der Waals surface area contributed by atoms with Crippen molar-refractivity contribution in [1.82, 2.24) is 5.16 Å². The molecule has 1 aromatic carbocycles. The van der Waals surface area contributed by atoms with Gasteiger partial charge in [0.25, 0.3) is 0 Å². The molecular weight excluding hydrogens is 278 g/mol. The second kappa shape index (κ2) is 4.81. The van der Waals surface area contributed by atoms with Crippen molar-refractivity contribution < 1.29 is 4.52 Å². The Kier molecular flexibility index (Phi) is 3.19. The third kappa shape index (κ3) is 2.25. The first kappa shape index (κ1) is 11.3. The molecule has 3 heteroatoms. The third-order valence-electron chi connectivity index (χ3n) is 3.70. The molecule has 1 saturated carbocycles. The van der Waals surface area contributed by atoms with Crippen molar-refractivity contribution >= 4 is 26.9 Å². The average molecular weight is 294 g/mol. The Bertz CT molecular complexity index is 512. The van der Waals surface area contributed by atoms with E-state index in [1.807, 2.05) is 12.1 Å². The molecule has 0 spiro atoms. The average Bonchev–Trinajstić information content (AvgIpc) is 2.58. The molecule has 0 amide bonds. The zero-order valence-corrected chi connectivity index (χ0v) is 11.4. The van der Waals surface area contributed by atoms with E-state index in [9.17, 15) is 0 Å². The van der Waals surface area contributed by atoms with E-state index in [4.69, 9.17) is 4.52 Å². The Morgan fingerprint density at radius 2 is 1.88 bits per heavy atom. The lowest BCUT2D eigenvalue weighted by Crippen LogP contribution is -1.97. The van der Waals surface area contributed by atoms with Gasteiger partial charge in [0.1, 0.15) is 0 Å². The summed E-state index contributed by atoms with van der Waals surface area (Å²) in [5, 5.41) is 5.49. The van der Waals surface area contributed by atoms with Gasteiger partial charge in [-0.3, -0.25) is 0 Å². The van der Waals surface area contributed by atoms with Crippen LogP contribution < -0.4 is 0 Å². The van der Waals surface area contributed by atoms with Gasteiger partial charge < -0.3 is 4.52 Å². The monoisotopic (exact) mass is 293 g/mol. The molecule has 3 rings (SSSR count). The summed E-state index contributed by atoms with van der Waals surface area (Å²) < 4.78 is 6.53. The van der Waals surface area contributed by atoms with Gasteiger partial charge >= 0.3 is 0 Å². The molecule has 0 atom stereocenters. The van der Waals surface area contributed by atoms with Crippen molar-refractivity contribution in [3.8, 4) is 0 Å². The molecule has 2 aromatic rings. The van der Waals surface area contributed by atoms with Gasteiger partial charge in [-0.25, -0.2) is 0 Å². The van der Waals surface area contributed by atoms with E-state index in [0.717, 1.165) is 10.1 Å². The van der Waals surface area contributed by atoms with Gasteiger partial charge in [0.05, 0.1) is 5.69 Å². The van der Waals surface area contributed by atoms with Gasteiger partial charge in [0, 0.05) is 15.8 Å². The maximum absolute atomic E-state index is 5.43. The fraction of sp³-hybridized carbons (Fsp3) is 0.500. The smallest absolute Gasteiger partial charge is 0.167 e. The van der Waals surface area contributed by atoms with E-state index in [2.05, 4.69) is 27.2 Å². The van der Waals surface area contributed by atoms with Crippen molar-refractivity contribution in [3.05, 3.63) is 28.4 Å². The second-order valence-corrected chi connectivity index (χ2v) is 5.81. The molecule has 1 fully saturated rings. The van der Waals surface area contributed by atoms with Crippen molar-refractivity contribution in [2.75, 3.05) is 0 Å². The molecule has 1 aliphatic carbocycles. The molecule has 2 nitrogen and oxygen atoms in total. The summed E-state index contributed by atoms with van der Waals surface area (Å²) in [6.07, 6.45) is 7.91. The van der Waals surface area contributed by atoms with Gasteiger partial charge in [0.2, 0.25) is 0 Å². The number of rotatable bonds is 1. The van der Waals surface area contributed by atoms with Crippen LogP contribution in [0.2, 0.25) is 0 Å². The van der Waals surface area contributed by atoms with Crippen LogP contribution in [0.5, 0.6) is 0 Å². The Morgan fingerprint density at radius 1 is 1.12 bits per heavy atom. The van der Waals surface area contributed by atoms with Crippen molar-refractivity contribution in [2.24, 2.45) is 0 Å². The lowest BCUT2D eigenvalue weighted by molar-refractivity contribution is 0.428. The van der Waals surface area contributed by atoms with Crippen LogP contribution in [0.3, 0.4) is 0 Å². The minimum absolute atomic E-state index is 0.591. The molecule has 0 saturated heterocycles. The summed E-state index contributed by atoms with van der Waals surface area (Å²) in [4.78, 5) is 0. The molecule has 17 heavy (non-hydrogen) atoms. The Morgan fingerprint density at radius 3 is 2.65 bits per heavy atom. The first-order chi connectivity index (χ1) is 8.34. The summed E-state index contributed by atoms with van der Waals surface area (Å²) >= 11 is 3.52. The molecule has 1 aromatic heterocycles. The minimum atomic E-state index is 0.591. The van der Waals surface area contributed by atoms with Crippen LogP contribution >= 0.6 is 15.9 Å². The van der Waals surface area contributed by atoms with Crippen molar-refractivity contribution in [2.45, 2.75) is 44.4 Å². The number of benzene rings is 1. The summed E-state index contributed by atoms with van der Waals surface area (Å²) in [5.74, 6) is 0.591. The van der Waals surface area contributed by atoms with E-state index in [0.29, 0.717) is 5.92 Å². The molecule has 0 aliphatic heterocycles. The maximum Gasteiger partial charge on any atom is 0.167 e. The lowest BCUT2D eigenvalue weighted by atomic mass is 9.94. The molecule has 0 unspecified atom stereocenters. The number of hydrogen-bond acceptors (Lipinski definition) is 2. The van der Waals surface area contributed by atoms with E-state index in [1.54, 1.807) is 0 Å². The fourth-order valence-electron chi connectivity index (χ4n) is 2.78. The van der Waals surface area contributed by atoms with Crippen molar-refractivity contribution in [3.63, 3.8) is 0 Å². The molecule has 90 valence electrons. The number of halogens is 1. The summed E-state index contributed by atoms with van der Waals surface area (Å²) in [5.41, 5.74) is 2.08. The topological polar surface area (TPSA) is 26.0 Å². The SMILES string of the molecule is Brc1ccc2onc(C3CCCCCC3)c2c1. The highest BCUT2D eigenvalue weighted by molar-refractivity contribution is 9.10. The standard InChI is InChI=1S/C14H16BrNO/c15-11-7-8-13-12(9-11)14(16-17-13)10-5-3-1-2-4-6-10/h7-10H,1-6H2. The number of fused-ring (bicyclic) bond motifs is 1. The summed E-state index contributed by atoms with van der Waals surface area (Å²) in [7, 11) is 0. The van der Waals surface area contributed by atoms with E-state index < -0.39 is 0 Å². The third-order valence-corrected chi connectivity index (χ3v) is 4.20. The zero-order chi connectivity index (χ0) is 11.7. The van der Waals surface area contributed by atoms with Crippen LogP contribution in [-0.4, -0.2) is 5.16 Å².